The van der Waals surface area contributed by atoms with Crippen LogP contribution in [0.1, 0.15) is 32.6 Å². The minimum absolute atomic E-state index is 0.0722. The van der Waals surface area contributed by atoms with Crippen LogP contribution < -0.4 is 5.32 Å². The Morgan fingerprint density at radius 1 is 1.32 bits per heavy atom. The normalized spacial score (nSPS) is 35.5. The van der Waals surface area contributed by atoms with Gasteiger partial charge in [-0.05, 0) is 45.2 Å². The van der Waals surface area contributed by atoms with Crippen molar-refractivity contribution in [2.24, 2.45) is 17.8 Å². The van der Waals surface area contributed by atoms with E-state index in [2.05, 4.69) is 17.3 Å². The van der Waals surface area contributed by atoms with Gasteiger partial charge in [0.25, 0.3) is 0 Å². The molecular formula is C14H24N2O3. The molecule has 1 saturated heterocycles. The summed E-state index contributed by atoms with van der Waals surface area (Å²) in [6.07, 6.45) is 3.61. The average molecular weight is 268 g/mol. The maximum absolute atomic E-state index is 12.2. The molecule has 1 saturated carbocycles. The fourth-order valence-corrected chi connectivity index (χ4v) is 3.44. The summed E-state index contributed by atoms with van der Waals surface area (Å²) in [6.45, 7) is 3.75. The third-order valence-corrected chi connectivity index (χ3v) is 4.64. The highest BCUT2D eigenvalue weighted by Gasteiger charge is 2.41. The van der Waals surface area contributed by atoms with Crippen molar-refractivity contribution < 1.29 is 14.7 Å². The van der Waals surface area contributed by atoms with Crippen LogP contribution in [0.3, 0.4) is 0 Å². The van der Waals surface area contributed by atoms with Crippen molar-refractivity contribution in [1.29, 1.82) is 0 Å². The molecule has 19 heavy (non-hydrogen) atoms. The van der Waals surface area contributed by atoms with Crippen molar-refractivity contribution in [2.45, 2.75) is 38.6 Å². The molecule has 4 unspecified atom stereocenters. The number of carboxylic acids is 1. The van der Waals surface area contributed by atoms with Gasteiger partial charge in [-0.1, -0.05) is 6.92 Å². The summed E-state index contributed by atoms with van der Waals surface area (Å²) in [7, 11) is 2.07. The molecule has 2 fully saturated rings. The number of carboxylic acid groups (broad SMARTS) is 1. The lowest BCUT2D eigenvalue weighted by molar-refractivity contribution is -0.146. The molecule has 1 aliphatic carbocycles. The first-order valence-electron chi connectivity index (χ1n) is 7.19. The lowest BCUT2D eigenvalue weighted by atomic mass is 9.95. The Morgan fingerprint density at radius 3 is 2.58 bits per heavy atom. The SMILES string of the molecule is CC1CC(C(=O)O)C(C(=O)NCC2CCCN2C)C1. The van der Waals surface area contributed by atoms with Crippen LogP contribution >= 0.6 is 0 Å². The molecule has 2 N–H and O–H groups in total. The first-order valence-corrected chi connectivity index (χ1v) is 7.19. The van der Waals surface area contributed by atoms with Crippen molar-refractivity contribution in [2.75, 3.05) is 20.1 Å². The molecule has 0 aromatic heterocycles. The Kier molecular flexibility index (Phi) is 4.45. The number of likely N-dealkylation sites (tertiary alicyclic amines) is 1. The fourth-order valence-electron chi connectivity index (χ4n) is 3.44. The van der Waals surface area contributed by atoms with E-state index in [1.807, 2.05) is 6.92 Å². The molecule has 1 amide bonds. The number of nitrogens with zero attached hydrogens (tertiary/aromatic N) is 1. The molecule has 4 atom stereocenters. The Bertz CT molecular complexity index is 359. The second kappa shape index (κ2) is 5.90. The number of carbonyl (C=O) groups excluding carboxylic acids is 1. The van der Waals surface area contributed by atoms with Crippen LogP contribution in [0.5, 0.6) is 0 Å². The van der Waals surface area contributed by atoms with Crippen molar-refractivity contribution in [1.82, 2.24) is 10.2 Å². The van der Waals surface area contributed by atoms with Crippen molar-refractivity contribution in [3.8, 4) is 0 Å². The Labute approximate surface area is 114 Å². The summed E-state index contributed by atoms with van der Waals surface area (Å²) in [5, 5.41) is 12.1. The summed E-state index contributed by atoms with van der Waals surface area (Å²) in [5.41, 5.74) is 0. The topological polar surface area (TPSA) is 69.6 Å². The molecule has 0 spiro atoms. The van der Waals surface area contributed by atoms with Gasteiger partial charge >= 0.3 is 5.97 Å². The zero-order valence-electron chi connectivity index (χ0n) is 11.8. The zero-order chi connectivity index (χ0) is 14.0. The summed E-state index contributed by atoms with van der Waals surface area (Å²) in [5.74, 6) is -1.43. The number of amides is 1. The van der Waals surface area contributed by atoms with Gasteiger partial charge < -0.3 is 15.3 Å². The second-order valence-corrected chi connectivity index (χ2v) is 6.15. The maximum atomic E-state index is 12.2. The second-order valence-electron chi connectivity index (χ2n) is 6.15. The van der Waals surface area contributed by atoms with Gasteiger partial charge in [-0.2, -0.15) is 0 Å². The lowest BCUT2D eigenvalue weighted by Gasteiger charge is -2.22. The summed E-state index contributed by atoms with van der Waals surface area (Å²) >= 11 is 0. The molecule has 1 aliphatic heterocycles. The highest BCUT2D eigenvalue weighted by Crippen LogP contribution is 2.36. The quantitative estimate of drug-likeness (QED) is 0.796. The van der Waals surface area contributed by atoms with E-state index in [1.54, 1.807) is 0 Å². The van der Waals surface area contributed by atoms with E-state index in [0.717, 1.165) is 13.0 Å². The fraction of sp³-hybridized carbons (Fsp3) is 0.857. The summed E-state index contributed by atoms with van der Waals surface area (Å²) in [6, 6.07) is 0.408. The van der Waals surface area contributed by atoms with E-state index in [4.69, 9.17) is 0 Å². The van der Waals surface area contributed by atoms with Gasteiger partial charge in [0.05, 0.1) is 11.8 Å². The number of likely N-dealkylation sites (N-methyl/N-ethyl adjacent to an activating group) is 1. The molecule has 2 rings (SSSR count). The number of hydrogen-bond acceptors (Lipinski definition) is 3. The molecule has 0 radical (unpaired) electrons. The zero-order valence-corrected chi connectivity index (χ0v) is 11.8. The molecule has 0 aromatic carbocycles. The number of carbonyl (C=O) groups is 2. The van der Waals surface area contributed by atoms with Crippen LogP contribution in [0, 0.1) is 17.8 Å². The van der Waals surface area contributed by atoms with Crippen molar-refractivity contribution in [3.05, 3.63) is 0 Å². The molecule has 1 heterocycles. The van der Waals surface area contributed by atoms with Gasteiger partial charge in [0.2, 0.25) is 5.91 Å². The predicted octanol–water partition coefficient (Wildman–Crippen LogP) is 0.944. The average Bonchev–Trinajstić information content (AvgIpc) is 2.92. The van der Waals surface area contributed by atoms with Gasteiger partial charge in [0, 0.05) is 12.6 Å². The van der Waals surface area contributed by atoms with Gasteiger partial charge in [-0.3, -0.25) is 9.59 Å². The van der Waals surface area contributed by atoms with E-state index in [9.17, 15) is 14.7 Å². The predicted molar refractivity (Wildman–Crippen MR) is 71.7 cm³/mol. The van der Waals surface area contributed by atoms with Crippen molar-refractivity contribution in [3.63, 3.8) is 0 Å². The monoisotopic (exact) mass is 268 g/mol. The van der Waals surface area contributed by atoms with Gasteiger partial charge in [-0.15, -0.1) is 0 Å². The highest BCUT2D eigenvalue weighted by molar-refractivity contribution is 5.85. The highest BCUT2D eigenvalue weighted by atomic mass is 16.4. The van der Waals surface area contributed by atoms with E-state index >= 15 is 0 Å². The first kappa shape index (κ1) is 14.3. The Hall–Kier alpha value is -1.10. The molecule has 5 heteroatoms. The minimum Gasteiger partial charge on any atom is -0.481 e. The largest absolute Gasteiger partial charge is 0.481 e. The van der Waals surface area contributed by atoms with Crippen molar-refractivity contribution >= 4 is 11.9 Å². The molecule has 2 aliphatic rings. The molecular weight excluding hydrogens is 244 g/mol. The number of aliphatic carboxylic acids is 1. The van der Waals surface area contributed by atoms with E-state index in [-0.39, 0.29) is 11.8 Å². The third kappa shape index (κ3) is 3.26. The standard InChI is InChI=1S/C14H24N2O3/c1-9-6-11(12(7-9)14(18)19)13(17)15-8-10-4-3-5-16(10)2/h9-12H,3-8H2,1-2H3,(H,15,17)(H,18,19). The minimum atomic E-state index is -0.831. The van der Waals surface area contributed by atoms with E-state index in [1.165, 1.54) is 6.42 Å². The number of nitrogens with one attached hydrogen (secondary N) is 1. The van der Waals surface area contributed by atoms with Gasteiger partial charge in [0.15, 0.2) is 0 Å². The molecule has 0 bridgehead atoms. The Balaban J connectivity index is 1.86. The van der Waals surface area contributed by atoms with E-state index < -0.39 is 11.9 Å². The lowest BCUT2D eigenvalue weighted by Crippen LogP contribution is -2.42. The van der Waals surface area contributed by atoms with Crippen LogP contribution in [-0.2, 0) is 9.59 Å². The van der Waals surface area contributed by atoms with Gasteiger partial charge in [0.1, 0.15) is 0 Å². The first-order chi connectivity index (χ1) is 8.99. The third-order valence-electron chi connectivity index (χ3n) is 4.64. The summed E-state index contributed by atoms with van der Waals surface area (Å²) < 4.78 is 0. The Morgan fingerprint density at radius 2 is 2.00 bits per heavy atom. The maximum Gasteiger partial charge on any atom is 0.307 e. The van der Waals surface area contributed by atoms with E-state index in [0.29, 0.717) is 31.3 Å². The molecule has 0 aromatic rings. The number of rotatable bonds is 4. The van der Waals surface area contributed by atoms with Crippen LogP contribution in [0.4, 0.5) is 0 Å². The molecule has 108 valence electrons. The van der Waals surface area contributed by atoms with Crippen LogP contribution in [0.25, 0.3) is 0 Å². The molecule has 5 nitrogen and oxygen atoms in total. The smallest absolute Gasteiger partial charge is 0.307 e. The van der Waals surface area contributed by atoms with Crippen LogP contribution in [-0.4, -0.2) is 48.1 Å². The van der Waals surface area contributed by atoms with Crippen LogP contribution in [0.15, 0.2) is 0 Å². The number of hydrogen-bond donors (Lipinski definition) is 2. The van der Waals surface area contributed by atoms with Gasteiger partial charge in [-0.25, -0.2) is 0 Å². The summed E-state index contributed by atoms with van der Waals surface area (Å²) in [4.78, 5) is 25.6. The van der Waals surface area contributed by atoms with Crippen LogP contribution in [0.2, 0.25) is 0 Å².